The highest BCUT2D eigenvalue weighted by Crippen LogP contribution is 1.92. The van der Waals surface area contributed by atoms with Gasteiger partial charge >= 0.3 is 0 Å². The van der Waals surface area contributed by atoms with Gasteiger partial charge < -0.3 is 5.73 Å². The third-order valence-electron chi connectivity index (χ3n) is 1.04. The van der Waals surface area contributed by atoms with Gasteiger partial charge in [0.25, 0.3) is 0 Å². The van der Waals surface area contributed by atoms with E-state index < -0.39 is 0 Å². The van der Waals surface area contributed by atoms with Crippen LogP contribution in [0.1, 0.15) is 0 Å². The summed E-state index contributed by atoms with van der Waals surface area (Å²) < 4.78 is 0. The van der Waals surface area contributed by atoms with Crippen LogP contribution in [0.4, 0.5) is 0 Å². The Kier molecular flexibility index (Phi) is 2.28. The Balaban J connectivity index is 2.83. The lowest BCUT2D eigenvalue weighted by Crippen LogP contribution is -2.12. The number of hydrogen-bond donors (Lipinski definition) is 1. The Hall–Kier alpha value is -1.03. The second-order valence-corrected chi connectivity index (χ2v) is 2.21. The van der Waals surface area contributed by atoms with Crippen molar-refractivity contribution in [1.29, 1.82) is 0 Å². The number of aliphatic imine (C=N–C) groups is 2. The minimum Gasteiger partial charge on any atom is -0.389 e. The Morgan fingerprint density at radius 3 is 3.10 bits per heavy atom. The Bertz CT molecular complexity index is 227. The number of thiocarbonyl (C=S) groups is 1. The Morgan fingerprint density at radius 1 is 1.60 bits per heavy atom. The molecule has 0 atom stereocenters. The van der Waals surface area contributed by atoms with E-state index in [1.165, 1.54) is 0 Å². The fourth-order valence-corrected chi connectivity index (χ4v) is 0.676. The first-order chi connectivity index (χ1) is 4.80. The maximum Gasteiger partial charge on any atom is 0.129 e. The molecule has 0 bridgehead atoms. The summed E-state index contributed by atoms with van der Waals surface area (Å²) in [7, 11) is 0. The van der Waals surface area contributed by atoms with E-state index in [0.29, 0.717) is 11.7 Å². The van der Waals surface area contributed by atoms with Crippen molar-refractivity contribution in [2.45, 2.75) is 0 Å². The molecule has 0 unspecified atom stereocenters. The Morgan fingerprint density at radius 2 is 2.40 bits per heavy atom. The van der Waals surface area contributed by atoms with Crippen molar-refractivity contribution >= 4 is 29.6 Å². The molecular formula is C6H7N3S. The van der Waals surface area contributed by atoms with Gasteiger partial charge in [-0.3, -0.25) is 9.98 Å². The molecule has 3 nitrogen and oxygen atoms in total. The van der Waals surface area contributed by atoms with E-state index in [1.807, 2.05) is 0 Å². The number of nitrogens with two attached hydrogens (primary N) is 1. The smallest absolute Gasteiger partial charge is 0.129 e. The van der Waals surface area contributed by atoms with Crippen LogP contribution in [-0.4, -0.2) is 24.1 Å². The standard InChI is InChI=1S/C6H7N3S/c7-6(10)5-1-2-8-4-9-3-5/h1-3H,4H2,(H2,7,10). The van der Waals surface area contributed by atoms with Gasteiger partial charge in [-0.1, -0.05) is 12.2 Å². The second-order valence-electron chi connectivity index (χ2n) is 1.77. The first-order valence-electron chi connectivity index (χ1n) is 2.80. The summed E-state index contributed by atoms with van der Waals surface area (Å²) in [4.78, 5) is 8.16. The quantitative estimate of drug-likeness (QED) is 0.551. The van der Waals surface area contributed by atoms with Crippen molar-refractivity contribution in [2.24, 2.45) is 15.7 Å². The van der Waals surface area contributed by atoms with Crippen LogP contribution in [0, 0.1) is 0 Å². The SMILES string of the molecule is NC(=S)C1=CC=NCN=C1. The minimum atomic E-state index is 0.358. The van der Waals surface area contributed by atoms with Crippen molar-refractivity contribution in [3.05, 3.63) is 11.6 Å². The molecule has 0 fully saturated rings. The molecule has 0 aromatic rings. The van der Waals surface area contributed by atoms with Gasteiger partial charge in [0.05, 0.1) is 0 Å². The molecule has 0 aromatic heterocycles. The summed E-state index contributed by atoms with van der Waals surface area (Å²) >= 11 is 4.73. The van der Waals surface area contributed by atoms with Gasteiger partial charge in [0, 0.05) is 18.0 Å². The molecule has 0 saturated heterocycles. The molecule has 0 aromatic carbocycles. The van der Waals surface area contributed by atoms with Gasteiger partial charge in [-0.05, 0) is 6.08 Å². The van der Waals surface area contributed by atoms with Crippen molar-refractivity contribution < 1.29 is 0 Å². The highest BCUT2D eigenvalue weighted by atomic mass is 32.1. The zero-order chi connectivity index (χ0) is 7.40. The van der Waals surface area contributed by atoms with Gasteiger partial charge in [-0.25, -0.2) is 0 Å². The molecule has 0 radical (unpaired) electrons. The van der Waals surface area contributed by atoms with E-state index in [2.05, 4.69) is 9.98 Å². The van der Waals surface area contributed by atoms with Crippen LogP contribution in [0.15, 0.2) is 21.6 Å². The molecule has 1 heterocycles. The number of rotatable bonds is 1. The Labute approximate surface area is 64.4 Å². The van der Waals surface area contributed by atoms with Crippen molar-refractivity contribution in [3.63, 3.8) is 0 Å². The highest BCUT2D eigenvalue weighted by molar-refractivity contribution is 7.80. The molecule has 1 aliphatic heterocycles. The van der Waals surface area contributed by atoms with Crippen LogP contribution in [0.5, 0.6) is 0 Å². The van der Waals surface area contributed by atoms with Crippen LogP contribution in [0.25, 0.3) is 0 Å². The van der Waals surface area contributed by atoms with Crippen molar-refractivity contribution in [3.8, 4) is 0 Å². The number of allylic oxidation sites excluding steroid dienone is 1. The zero-order valence-electron chi connectivity index (χ0n) is 5.32. The zero-order valence-corrected chi connectivity index (χ0v) is 6.14. The summed E-state index contributed by atoms with van der Waals surface area (Å²) in [5.41, 5.74) is 6.11. The molecule has 0 saturated carbocycles. The van der Waals surface area contributed by atoms with Crippen molar-refractivity contribution in [2.75, 3.05) is 6.67 Å². The molecule has 4 heteroatoms. The molecule has 0 amide bonds. The molecule has 0 spiro atoms. The molecule has 1 aliphatic rings. The lowest BCUT2D eigenvalue weighted by molar-refractivity contribution is 1.09. The molecule has 52 valence electrons. The van der Waals surface area contributed by atoms with Gasteiger partial charge in [0.2, 0.25) is 0 Å². The van der Waals surface area contributed by atoms with Crippen LogP contribution in [0.2, 0.25) is 0 Å². The van der Waals surface area contributed by atoms with Crippen LogP contribution < -0.4 is 5.73 Å². The van der Waals surface area contributed by atoms with Gasteiger partial charge in [0.15, 0.2) is 0 Å². The van der Waals surface area contributed by atoms with Crippen LogP contribution in [-0.2, 0) is 0 Å². The van der Waals surface area contributed by atoms with Crippen LogP contribution in [0.3, 0.4) is 0 Å². The fourth-order valence-electron chi connectivity index (χ4n) is 0.555. The summed E-state index contributed by atoms with van der Waals surface area (Å²) in [6.45, 7) is 0.461. The first kappa shape index (κ1) is 7.08. The lowest BCUT2D eigenvalue weighted by atomic mass is 10.3. The molecule has 2 N–H and O–H groups in total. The van der Waals surface area contributed by atoms with Crippen molar-refractivity contribution in [1.82, 2.24) is 0 Å². The van der Waals surface area contributed by atoms with E-state index in [1.54, 1.807) is 18.5 Å². The van der Waals surface area contributed by atoms with Crippen LogP contribution >= 0.6 is 12.2 Å². The topological polar surface area (TPSA) is 50.7 Å². The number of nitrogens with zero attached hydrogens (tertiary/aromatic N) is 2. The van der Waals surface area contributed by atoms with Gasteiger partial charge in [0.1, 0.15) is 11.7 Å². The largest absolute Gasteiger partial charge is 0.389 e. The molecule has 1 rings (SSSR count). The van der Waals surface area contributed by atoms with E-state index in [0.717, 1.165) is 5.57 Å². The molecular weight excluding hydrogens is 146 g/mol. The summed E-state index contributed by atoms with van der Waals surface area (Å²) in [6.07, 6.45) is 5.04. The normalized spacial score (nSPS) is 16.2. The third kappa shape index (κ3) is 1.73. The summed E-state index contributed by atoms with van der Waals surface area (Å²) in [5, 5.41) is 0. The average Bonchev–Trinajstić information content (AvgIpc) is 2.12. The van der Waals surface area contributed by atoms with Gasteiger partial charge in [-0.15, -0.1) is 0 Å². The first-order valence-corrected chi connectivity index (χ1v) is 3.21. The monoisotopic (exact) mass is 153 g/mol. The predicted molar refractivity (Wildman–Crippen MR) is 46.7 cm³/mol. The van der Waals surface area contributed by atoms with Gasteiger partial charge in [-0.2, -0.15) is 0 Å². The molecule has 10 heavy (non-hydrogen) atoms. The third-order valence-corrected chi connectivity index (χ3v) is 1.27. The molecule has 0 aliphatic carbocycles. The lowest BCUT2D eigenvalue weighted by Gasteiger charge is -1.91. The number of hydrogen-bond acceptors (Lipinski definition) is 3. The van der Waals surface area contributed by atoms with E-state index in [4.69, 9.17) is 18.0 Å². The van der Waals surface area contributed by atoms with E-state index >= 15 is 0 Å². The average molecular weight is 153 g/mol. The highest BCUT2D eigenvalue weighted by Gasteiger charge is 1.95. The fraction of sp³-hybridized carbons (Fsp3) is 0.167. The minimum absolute atomic E-state index is 0.358. The summed E-state index contributed by atoms with van der Waals surface area (Å²) in [6, 6.07) is 0. The maximum atomic E-state index is 5.35. The predicted octanol–water partition coefficient (Wildman–Crippen LogP) is 0.312. The van der Waals surface area contributed by atoms with E-state index in [-0.39, 0.29) is 0 Å². The summed E-state index contributed by atoms with van der Waals surface area (Å²) in [5.74, 6) is 0. The maximum absolute atomic E-state index is 5.35. The second kappa shape index (κ2) is 3.22. The van der Waals surface area contributed by atoms with E-state index in [9.17, 15) is 0 Å².